The summed E-state index contributed by atoms with van der Waals surface area (Å²) in [7, 11) is 0. The van der Waals surface area contributed by atoms with Crippen LogP contribution in [-0.4, -0.2) is 40.1 Å². The fourth-order valence-corrected chi connectivity index (χ4v) is 6.42. The van der Waals surface area contributed by atoms with E-state index in [1.54, 1.807) is 12.1 Å². The average molecular weight is 506 g/mol. The summed E-state index contributed by atoms with van der Waals surface area (Å²) in [4.78, 5) is 42.1. The molecule has 190 valence electrons. The van der Waals surface area contributed by atoms with Gasteiger partial charge < -0.3 is 10.2 Å². The molecule has 0 spiro atoms. The van der Waals surface area contributed by atoms with Crippen molar-refractivity contribution in [3.8, 4) is 0 Å². The van der Waals surface area contributed by atoms with Crippen LogP contribution in [-0.2, 0) is 9.59 Å². The number of thioether (sulfide) groups is 1. The fraction of sp³-hybridized carbons (Fsp3) is 0.414. The highest BCUT2D eigenvalue weighted by atomic mass is 32.2. The summed E-state index contributed by atoms with van der Waals surface area (Å²) in [6.45, 7) is 14.9. The van der Waals surface area contributed by atoms with Crippen LogP contribution in [0.3, 0.4) is 0 Å². The second-order valence-corrected chi connectivity index (χ2v) is 11.8. The highest BCUT2D eigenvalue weighted by molar-refractivity contribution is 8.18. The molecule has 2 heterocycles. The number of carbonyl (C=O) groups is 3. The third-order valence-electron chi connectivity index (χ3n) is 6.94. The normalized spacial score (nSPS) is 20.3. The minimum absolute atomic E-state index is 0.0518. The van der Waals surface area contributed by atoms with Gasteiger partial charge in [0.2, 0.25) is 5.91 Å². The minimum atomic E-state index is -0.431. The molecule has 6 nitrogen and oxygen atoms in total. The lowest BCUT2D eigenvalue weighted by Crippen LogP contribution is -2.51. The van der Waals surface area contributed by atoms with Crippen LogP contribution in [0.4, 0.5) is 16.2 Å². The molecule has 0 aromatic heterocycles. The summed E-state index contributed by atoms with van der Waals surface area (Å²) in [6.07, 6.45) is 2.83. The molecule has 3 amide bonds. The van der Waals surface area contributed by atoms with E-state index >= 15 is 0 Å². The summed E-state index contributed by atoms with van der Waals surface area (Å²) >= 11 is 0.888. The zero-order valence-electron chi connectivity index (χ0n) is 22.1. The van der Waals surface area contributed by atoms with Gasteiger partial charge in [-0.25, -0.2) is 0 Å². The minimum Gasteiger partial charge on any atom is -0.364 e. The molecule has 4 rings (SSSR count). The monoisotopic (exact) mass is 505 g/mol. The second kappa shape index (κ2) is 9.77. The Hall–Kier alpha value is -3.06. The zero-order chi connectivity index (χ0) is 26.4. The standard InChI is InChI=1S/C29H35N3O3S/c1-17(2)32-24-12-19(4)21(13-23(24)20(5)15-29(32,6)7)14-25-27(34)31(28(35)36-25)16-26(33)30-22-10-8-9-18(3)11-22/h8-14,17,20H,15-16H2,1-7H3,(H,30,33)/b25-14-. The van der Waals surface area contributed by atoms with Crippen LogP contribution >= 0.6 is 11.8 Å². The van der Waals surface area contributed by atoms with Crippen LogP contribution in [0.2, 0.25) is 0 Å². The maximum absolute atomic E-state index is 13.1. The predicted molar refractivity (Wildman–Crippen MR) is 148 cm³/mol. The molecule has 0 saturated carbocycles. The molecule has 1 atom stereocenters. The van der Waals surface area contributed by atoms with Gasteiger partial charge in [0, 0.05) is 23.0 Å². The molecular weight excluding hydrogens is 470 g/mol. The topological polar surface area (TPSA) is 69.7 Å². The average Bonchev–Trinajstić information content (AvgIpc) is 3.01. The van der Waals surface area contributed by atoms with Gasteiger partial charge in [-0.05, 0) is 118 Å². The van der Waals surface area contributed by atoms with Crippen molar-refractivity contribution in [3.63, 3.8) is 0 Å². The molecule has 1 unspecified atom stereocenters. The van der Waals surface area contributed by atoms with Gasteiger partial charge in [-0.1, -0.05) is 19.1 Å². The largest absolute Gasteiger partial charge is 0.364 e. The van der Waals surface area contributed by atoms with Crippen molar-refractivity contribution >= 4 is 46.3 Å². The Kier molecular flexibility index (Phi) is 7.06. The van der Waals surface area contributed by atoms with Gasteiger partial charge in [0.1, 0.15) is 6.54 Å². The molecule has 36 heavy (non-hydrogen) atoms. The molecular formula is C29H35N3O3S. The van der Waals surface area contributed by atoms with Crippen LogP contribution in [0.15, 0.2) is 41.3 Å². The van der Waals surface area contributed by atoms with Crippen LogP contribution in [0.25, 0.3) is 6.08 Å². The lowest BCUT2D eigenvalue weighted by atomic mass is 9.78. The maximum atomic E-state index is 13.1. The van der Waals surface area contributed by atoms with E-state index in [1.165, 1.54) is 11.3 Å². The van der Waals surface area contributed by atoms with Crippen LogP contribution in [0.5, 0.6) is 0 Å². The molecule has 1 fully saturated rings. The van der Waals surface area contributed by atoms with Crippen molar-refractivity contribution in [2.24, 2.45) is 0 Å². The summed E-state index contributed by atoms with van der Waals surface area (Å²) in [5, 5.41) is 2.34. The van der Waals surface area contributed by atoms with E-state index in [0.29, 0.717) is 22.6 Å². The first-order chi connectivity index (χ1) is 16.9. The van der Waals surface area contributed by atoms with E-state index in [-0.39, 0.29) is 12.1 Å². The number of imide groups is 1. The quantitative estimate of drug-likeness (QED) is 0.471. The van der Waals surface area contributed by atoms with E-state index < -0.39 is 17.1 Å². The van der Waals surface area contributed by atoms with Gasteiger partial charge in [-0.2, -0.15) is 0 Å². The number of aryl methyl sites for hydroxylation is 2. The molecule has 7 heteroatoms. The lowest BCUT2D eigenvalue weighted by molar-refractivity contribution is -0.127. The van der Waals surface area contributed by atoms with Crippen molar-refractivity contribution in [1.29, 1.82) is 0 Å². The Bertz CT molecular complexity index is 1260. The summed E-state index contributed by atoms with van der Waals surface area (Å²) in [5.41, 5.74) is 6.18. The molecule has 0 aliphatic carbocycles. The first-order valence-electron chi connectivity index (χ1n) is 12.4. The number of anilines is 2. The van der Waals surface area contributed by atoms with E-state index in [4.69, 9.17) is 0 Å². The summed E-state index contributed by atoms with van der Waals surface area (Å²) < 4.78 is 0. The number of rotatable bonds is 5. The Morgan fingerprint density at radius 1 is 1.19 bits per heavy atom. The van der Waals surface area contributed by atoms with Crippen LogP contribution < -0.4 is 10.2 Å². The summed E-state index contributed by atoms with van der Waals surface area (Å²) in [5.74, 6) is -0.461. The number of benzene rings is 2. The second-order valence-electron chi connectivity index (χ2n) is 10.8. The van der Waals surface area contributed by atoms with E-state index in [9.17, 15) is 14.4 Å². The van der Waals surface area contributed by atoms with Crippen molar-refractivity contribution in [1.82, 2.24) is 4.90 Å². The number of amides is 3. The van der Waals surface area contributed by atoms with Gasteiger partial charge in [0.25, 0.3) is 11.1 Å². The molecule has 0 bridgehead atoms. The van der Waals surface area contributed by atoms with Gasteiger partial charge in [-0.15, -0.1) is 0 Å². The molecule has 1 N–H and O–H groups in total. The number of hydrogen-bond acceptors (Lipinski definition) is 5. The first kappa shape index (κ1) is 26.0. The number of nitrogens with one attached hydrogen (secondary N) is 1. The SMILES string of the molecule is Cc1cccc(NC(=O)CN2C(=O)S/C(=C\c3cc4c(cc3C)N(C(C)C)C(C)(C)CC4C)C2=O)c1. The fourth-order valence-electron chi connectivity index (χ4n) is 5.59. The number of hydrogen-bond donors (Lipinski definition) is 1. The van der Waals surface area contributed by atoms with Crippen molar-refractivity contribution < 1.29 is 14.4 Å². The van der Waals surface area contributed by atoms with Crippen LogP contribution in [0.1, 0.15) is 69.2 Å². The van der Waals surface area contributed by atoms with Crippen LogP contribution in [0, 0.1) is 13.8 Å². The van der Waals surface area contributed by atoms with Crippen molar-refractivity contribution in [2.75, 3.05) is 16.8 Å². The smallest absolute Gasteiger partial charge is 0.294 e. The summed E-state index contributed by atoms with van der Waals surface area (Å²) in [6, 6.07) is 12.1. The molecule has 2 aromatic rings. The maximum Gasteiger partial charge on any atom is 0.294 e. The first-order valence-corrected chi connectivity index (χ1v) is 13.2. The van der Waals surface area contributed by atoms with Gasteiger partial charge in [-0.3, -0.25) is 19.3 Å². The third-order valence-corrected chi connectivity index (χ3v) is 7.85. The lowest BCUT2D eigenvalue weighted by Gasteiger charge is -2.50. The molecule has 1 saturated heterocycles. The van der Waals surface area contributed by atoms with Gasteiger partial charge in [0.05, 0.1) is 4.91 Å². The Labute approximate surface area is 218 Å². The van der Waals surface area contributed by atoms with Gasteiger partial charge in [0.15, 0.2) is 0 Å². The Morgan fingerprint density at radius 3 is 2.58 bits per heavy atom. The van der Waals surface area contributed by atoms with Gasteiger partial charge >= 0.3 is 0 Å². The van der Waals surface area contributed by atoms with Crippen molar-refractivity contribution in [2.45, 2.75) is 72.4 Å². The molecule has 2 aliphatic rings. The van der Waals surface area contributed by atoms with E-state index in [2.05, 4.69) is 57.0 Å². The molecule has 0 radical (unpaired) electrons. The molecule has 2 aliphatic heterocycles. The third kappa shape index (κ3) is 5.07. The number of fused-ring (bicyclic) bond motifs is 1. The van der Waals surface area contributed by atoms with E-state index in [1.807, 2.05) is 32.0 Å². The Morgan fingerprint density at radius 2 is 1.92 bits per heavy atom. The Balaban J connectivity index is 1.57. The predicted octanol–water partition coefficient (Wildman–Crippen LogP) is 6.48. The molecule has 2 aromatic carbocycles. The highest BCUT2D eigenvalue weighted by Crippen LogP contribution is 2.46. The number of nitrogens with zero attached hydrogens (tertiary/aromatic N) is 2. The highest BCUT2D eigenvalue weighted by Gasteiger charge is 2.39. The zero-order valence-corrected chi connectivity index (χ0v) is 23.0. The van der Waals surface area contributed by atoms with Crippen molar-refractivity contribution in [3.05, 3.63) is 63.6 Å². The van der Waals surface area contributed by atoms with E-state index in [0.717, 1.165) is 39.8 Å². The number of carbonyl (C=O) groups excluding carboxylic acids is 3.